The Morgan fingerprint density at radius 3 is 2.15 bits per heavy atom. The van der Waals surface area contributed by atoms with Gasteiger partial charge in [-0.2, -0.15) is 0 Å². The van der Waals surface area contributed by atoms with Crippen LogP contribution in [0.3, 0.4) is 0 Å². The molecule has 7 heteroatoms. The molecule has 0 bridgehead atoms. The van der Waals surface area contributed by atoms with Crippen molar-refractivity contribution in [2.24, 2.45) is 5.92 Å². The van der Waals surface area contributed by atoms with Crippen LogP contribution in [0.5, 0.6) is 0 Å². The number of benzene rings is 3. The SMILES string of the molecule is CCOC(=O)C(Cc1ccccc1)[C@@H](CSc1ccccc1)NS(=O)(=O)c1ccc(C)cc1. The highest BCUT2D eigenvalue weighted by Crippen LogP contribution is 2.25. The first-order chi connectivity index (χ1) is 15.9. The van der Waals surface area contributed by atoms with Crippen LogP contribution in [-0.2, 0) is 26.0 Å². The Balaban J connectivity index is 1.92. The van der Waals surface area contributed by atoms with Crippen molar-refractivity contribution in [3.63, 3.8) is 0 Å². The third-order valence-corrected chi connectivity index (χ3v) is 7.82. The van der Waals surface area contributed by atoms with E-state index < -0.39 is 28.0 Å². The zero-order valence-corrected chi connectivity index (χ0v) is 20.4. The first-order valence-corrected chi connectivity index (χ1v) is 13.3. The van der Waals surface area contributed by atoms with Gasteiger partial charge in [0.2, 0.25) is 10.0 Å². The number of ether oxygens (including phenoxy) is 1. The van der Waals surface area contributed by atoms with Crippen LogP contribution >= 0.6 is 11.8 Å². The number of sulfonamides is 1. The zero-order chi connectivity index (χ0) is 23.7. The molecule has 0 aliphatic rings. The summed E-state index contributed by atoms with van der Waals surface area (Å²) in [6.45, 7) is 3.88. The van der Waals surface area contributed by atoms with Gasteiger partial charge in [-0.05, 0) is 50.1 Å². The van der Waals surface area contributed by atoms with Gasteiger partial charge >= 0.3 is 5.97 Å². The van der Waals surface area contributed by atoms with Crippen LogP contribution in [0.25, 0.3) is 0 Å². The summed E-state index contributed by atoms with van der Waals surface area (Å²) in [6.07, 6.45) is 0.371. The van der Waals surface area contributed by atoms with E-state index in [0.717, 1.165) is 16.0 Å². The van der Waals surface area contributed by atoms with Crippen molar-refractivity contribution >= 4 is 27.8 Å². The highest BCUT2D eigenvalue weighted by molar-refractivity contribution is 7.99. The van der Waals surface area contributed by atoms with Crippen LogP contribution < -0.4 is 4.72 Å². The van der Waals surface area contributed by atoms with Gasteiger partial charge in [0.25, 0.3) is 0 Å². The third-order valence-electron chi connectivity index (χ3n) is 5.18. The number of aryl methyl sites for hydroxylation is 1. The molecule has 3 rings (SSSR count). The highest BCUT2D eigenvalue weighted by atomic mass is 32.2. The lowest BCUT2D eigenvalue weighted by molar-refractivity contribution is -0.148. The van der Waals surface area contributed by atoms with Gasteiger partial charge in [-0.1, -0.05) is 66.2 Å². The van der Waals surface area contributed by atoms with E-state index in [-0.39, 0.29) is 11.5 Å². The van der Waals surface area contributed by atoms with Gasteiger partial charge in [0.05, 0.1) is 17.4 Å². The molecule has 174 valence electrons. The number of hydrogen-bond acceptors (Lipinski definition) is 5. The molecule has 33 heavy (non-hydrogen) atoms. The van der Waals surface area contributed by atoms with Gasteiger partial charge in [-0.3, -0.25) is 4.79 Å². The van der Waals surface area contributed by atoms with E-state index in [2.05, 4.69) is 4.72 Å². The van der Waals surface area contributed by atoms with Crippen LogP contribution in [0.15, 0.2) is 94.7 Å². The molecule has 0 radical (unpaired) electrons. The Labute approximate surface area is 200 Å². The van der Waals surface area contributed by atoms with Crippen LogP contribution in [-0.4, -0.2) is 32.8 Å². The van der Waals surface area contributed by atoms with Crippen LogP contribution in [0.1, 0.15) is 18.1 Å². The molecule has 0 amide bonds. The van der Waals surface area contributed by atoms with E-state index in [1.54, 1.807) is 31.2 Å². The first-order valence-electron chi connectivity index (χ1n) is 10.9. The maximum atomic E-state index is 13.2. The molecule has 0 aromatic heterocycles. The fourth-order valence-corrected chi connectivity index (χ4v) is 5.85. The van der Waals surface area contributed by atoms with E-state index in [9.17, 15) is 13.2 Å². The largest absolute Gasteiger partial charge is 0.466 e. The molecule has 1 unspecified atom stereocenters. The molecule has 1 N–H and O–H groups in total. The lowest BCUT2D eigenvalue weighted by Crippen LogP contribution is -2.46. The van der Waals surface area contributed by atoms with Crippen molar-refractivity contribution < 1.29 is 17.9 Å². The molecule has 0 spiro atoms. The zero-order valence-electron chi connectivity index (χ0n) is 18.8. The molecule has 5 nitrogen and oxygen atoms in total. The van der Waals surface area contributed by atoms with Crippen molar-refractivity contribution in [1.29, 1.82) is 0 Å². The highest BCUT2D eigenvalue weighted by Gasteiger charge is 2.33. The molecule has 0 aliphatic carbocycles. The minimum absolute atomic E-state index is 0.171. The van der Waals surface area contributed by atoms with Crippen LogP contribution in [0.2, 0.25) is 0 Å². The summed E-state index contributed by atoms with van der Waals surface area (Å²) in [5.74, 6) is -0.707. The second kappa shape index (κ2) is 12.0. The maximum absolute atomic E-state index is 13.2. The van der Waals surface area contributed by atoms with Gasteiger partial charge in [0.1, 0.15) is 0 Å². The summed E-state index contributed by atoms with van der Waals surface area (Å²) >= 11 is 1.51. The lowest BCUT2D eigenvalue weighted by atomic mass is 9.93. The second-order valence-electron chi connectivity index (χ2n) is 7.71. The average Bonchev–Trinajstić information content (AvgIpc) is 2.82. The van der Waals surface area contributed by atoms with Gasteiger partial charge in [0.15, 0.2) is 0 Å². The molecule has 2 atom stereocenters. The molecular weight excluding hydrogens is 454 g/mol. The Morgan fingerprint density at radius 2 is 1.55 bits per heavy atom. The number of esters is 1. The van der Waals surface area contributed by atoms with Gasteiger partial charge in [-0.25, -0.2) is 13.1 Å². The van der Waals surface area contributed by atoms with Crippen LogP contribution in [0, 0.1) is 12.8 Å². The molecule has 0 fully saturated rings. The summed E-state index contributed by atoms with van der Waals surface area (Å²) in [4.78, 5) is 14.2. The molecular formula is C26H29NO4S2. The second-order valence-corrected chi connectivity index (χ2v) is 10.5. The summed E-state index contributed by atoms with van der Waals surface area (Å²) < 4.78 is 34.6. The van der Waals surface area contributed by atoms with E-state index in [4.69, 9.17) is 4.74 Å². The van der Waals surface area contributed by atoms with Crippen molar-refractivity contribution in [2.75, 3.05) is 12.4 Å². The van der Waals surface area contributed by atoms with E-state index in [0.29, 0.717) is 12.2 Å². The molecule has 0 saturated carbocycles. The van der Waals surface area contributed by atoms with Crippen molar-refractivity contribution in [1.82, 2.24) is 4.72 Å². The van der Waals surface area contributed by atoms with E-state index in [1.165, 1.54) is 11.8 Å². The van der Waals surface area contributed by atoms with Crippen molar-refractivity contribution in [3.05, 3.63) is 96.1 Å². The molecule has 0 saturated heterocycles. The lowest BCUT2D eigenvalue weighted by Gasteiger charge is -2.26. The number of nitrogens with one attached hydrogen (secondary N) is 1. The average molecular weight is 484 g/mol. The van der Waals surface area contributed by atoms with E-state index >= 15 is 0 Å². The minimum atomic E-state index is -3.84. The number of hydrogen-bond donors (Lipinski definition) is 1. The molecule has 3 aromatic rings. The third kappa shape index (κ3) is 7.45. The minimum Gasteiger partial charge on any atom is -0.466 e. The summed E-state index contributed by atoms with van der Waals surface area (Å²) in [7, 11) is -3.84. The Hall–Kier alpha value is -2.61. The topological polar surface area (TPSA) is 72.5 Å². The van der Waals surface area contributed by atoms with Crippen LogP contribution in [0.4, 0.5) is 0 Å². The molecule has 3 aromatic carbocycles. The smallest absolute Gasteiger partial charge is 0.310 e. The Morgan fingerprint density at radius 1 is 0.939 bits per heavy atom. The van der Waals surface area contributed by atoms with Gasteiger partial charge in [-0.15, -0.1) is 11.8 Å². The van der Waals surface area contributed by atoms with Gasteiger partial charge in [0, 0.05) is 16.7 Å². The Bertz CT molecular complexity index is 1120. The van der Waals surface area contributed by atoms with E-state index in [1.807, 2.05) is 67.6 Å². The number of carbonyl (C=O) groups is 1. The van der Waals surface area contributed by atoms with Gasteiger partial charge < -0.3 is 4.74 Å². The monoisotopic (exact) mass is 483 g/mol. The standard InChI is InChI=1S/C26H29NO4S2/c1-3-31-26(28)24(18-21-10-6-4-7-11-21)25(19-32-22-12-8-5-9-13-22)27-33(29,30)23-16-14-20(2)15-17-23/h4-17,24-25,27H,3,18-19H2,1-2H3/t24?,25-/m1/s1. The first kappa shape index (κ1) is 25.0. The van der Waals surface area contributed by atoms with Crippen molar-refractivity contribution in [3.8, 4) is 0 Å². The fraction of sp³-hybridized carbons (Fsp3) is 0.269. The molecule has 0 aliphatic heterocycles. The molecule has 0 heterocycles. The summed E-state index contributed by atoms with van der Waals surface area (Å²) in [5.41, 5.74) is 1.92. The number of thioether (sulfide) groups is 1. The maximum Gasteiger partial charge on any atom is 0.310 e. The Kier molecular flexibility index (Phi) is 9.11. The predicted molar refractivity (Wildman–Crippen MR) is 133 cm³/mol. The normalized spacial score (nSPS) is 13.3. The summed E-state index contributed by atoms with van der Waals surface area (Å²) in [6, 6.07) is 25.3. The van der Waals surface area contributed by atoms with Crippen molar-refractivity contribution in [2.45, 2.75) is 36.1 Å². The summed E-state index contributed by atoms with van der Waals surface area (Å²) in [5, 5.41) is 0. The number of rotatable bonds is 11. The fourth-order valence-electron chi connectivity index (χ4n) is 3.43. The number of carbonyl (C=O) groups excluding carboxylic acids is 1. The quantitative estimate of drug-likeness (QED) is 0.312. The predicted octanol–water partition coefficient (Wildman–Crippen LogP) is 4.86.